The number of amides is 2. The second-order valence-corrected chi connectivity index (χ2v) is 7.37. The first kappa shape index (κ1) is 19.4. The first-order valence-corrected chi connectivity index (χ1v) is 9.95. The molecule has 1 heterocycles. The first-order chi connectivity index (χ1) is 13.1. The van der Waals surface area contributed by atoms with Gasteiger partial charge in [0.1, 0.15) is 0 Å². The molecule has 27 heavy (non-hydrogen) atoms. The number of nitrogens with one attached hydrogen (secondary N) is 1. The quantitative estimate of drug-likeness (QED) is 0.805. The number of ether oxygens (including phenoxy) is 1. The molecule has 0 spiro atoms. The van der Waals surface area contributed by atoms with Crippen molar-refractivity contribution in [1.82, 2.24) is 4.90 Å². The van der Waals surface area contributed by atoms with Gasteiger partial charge in [0, 0.05) is 30.6 Å². The lowest BCUT2D eigenvalue weighted by atomic mass is 9.81. The highest BCUT2D eigenvalue weighted by Crippen LogP contribution is 2.31. The van der Waals surface area contributed by atoms with E-state index < -0.39 is 0 Å². The highest BCUT2D eigenvalue weighted by molar-refractivity contribution is 5.94. The maximum atomic E-state index is 12.5. The summed E-state index contributed by atoms with van der Waals surface area (Å²) < 4.78 is 4.95. The molecule has 1 aliphatic carbocycles. The molecule has 0 aromatic heterocycles. The minimum absolute atomic E-state index is 0.00837. The smallest absolute Gasteiger partial charge is 0.338 e. The molecule has 0 atom stereocenters. The van der Waals surface area contributed by atoms with Crippen LogP contribution in [0.15, 0.2) is 24.3 Å². The van der Waals surface area contributed by atoms with Crippen LogP contribution in [0.2, 0.25) is 0 Å². The van der Waals surface area contributed by atoms with Gasteiger partial charge in [-0.25, -0.2) is 4.79 Å². The van der Waals surface area contributed by atoms with Crippen LogP contribution in [0.4, 0.5) is 5.69 Å². The molecule has 2 fully saturated rings. The summed E-state index contributed by atoms with van der Waals surface area (Å²) in [5, 5.41) is 2.92. The summed E-state index contributed by atoms with van der Waals surface area (Å²) in [6.07, 6.45) is 5.29. The molecular formula is C21H28N2O4. The van der Waals surface area contributed by atoms with E-state index in [1.165, 1.54) is 0 Å². The molecule has 6 heteroatoms. The van der Waals surface area contributed by atoms with Gasteiger partial charge >= 0.3 is 5.97 Å². The van der Waals surface area contributed by atoms with Crippen LogP contribution >= 0.6 is 0 Å². The van der Waals surface area contributed by atoms with Gasteiger partial charge in [0.25, 0.3) is 0 Å². The fourth-order valence-corrected chi connectivity index (χ4v) is 3.95. The molecule has 2 aliphatic rings. The Morgan fingerprint density at radius 3 is 2.19 bits per heavy atom. The number of rotatable bonds is 5. The number of anilines is 1. The number of carbonyl (C=O) groups excluding carboxylic acids is 3. The van der Waals surface area contributed by atoms with Gasteiger partial charge in [-0.2, -0.15) is 0 Å². The minimum Gasteiger partial charge on any atom is -0.462 e. The molecule has 1 N–H and O–H groups in total. The van der Waals surface area contributed by atoms with Crippen molar-refractivity contribution in [2.75, 3.05) is 25.0 Å². The lowest BCUT2D eigenvalue weighted by Crippen LogP contribution is -2.37. The third kappa shape index (κ3) is 4.87. The normalized spacial score (nSPS) is 22.3. The van der Waals surface area contributed by atoms with Crippen LogP contribution in [-0.2, 0) is 14.3 Å². The average molecular weight is 372 g/mol. The predicted octanol–water partition coefficient (Wildman–Crippen LogP) is 3.23. The van der Waals surface area contributed by atoms with E-state index in [-0.39, 0.29) is 29.6 Å². The molecule has 1 saturated heterocycles. The van der Waals surface area contributed by atoms with E-state index in [4.69, 9.17) is 4.74 Å². The minimum atomic E-state index is -0.364. The Labute approximate surface area is 160 Å². The zero-order chi connectivity index (χ0) is 19.2. The second kappa shape index (κ2) is 9.02. The number of nitrogens with zero attached hydrogens (tertiary/aromatic N) is 1. The van der Waals surface area contributed by atoms with E-state index in [1.54, 1.807) is 31.2 Å². The van der Waals surface area contributed by atoms with Crippen LogP contribution in [0, 0.1) is 11.8 Å². The van der Waals surface area contributed by atoms with Gasteiger partial charge in [-0.1, -0.05) is 0 Å². The molecule has 2 amide bonds. The van der Waals surface area contributed by atoms with Gasteiger partial charge in [0.05, 0.1) is 12.2 Å². The number of likely N-dealkylation sites (tertiary alicyclic amines) is 1. The molecular weight excluding hydrogens is 344 g/mol. The van der Waals surface area contributed by atoms with E-state index in [0.717, 1.165) is 51.6 Å². The standard InChI is InChI=1S/C21H28N2O4/c1-2-27-21(26)17-9-11-18(12-10-17)22-19(24)15-5-7-16(8-6-15)20(25)23-13-3-4-14-23/h9-12,15-16H,2-8,13-14H2,1H3,(H,22,24). The molecule has 1 aliphatic heterocycles. The molecule has 1 aromatic carbocycles. The third-order valence-corrected chi connectivity index (χ3v) is 5.53. The van der Waals surface area contributed by atoms with E-state index in [1.807, 2.05) is 4.90 Å². The Morgan fingerprint density at radius 1 is 1.00 bits per heavy atom. The fraction of sp³-hybridized carbons (Fsp3) is 0.571. The van der Waals surface area contributed by atoms with Crippen LogP contribution in [0.1, 0.15) is 55.8 Å². The molecule has 0 unspecified atom stereocenters. The maximum Gasteiger partial charge on any atom is 0.338 e. The van der Waals surface area contributed by atoms with Crippen molar-refractivity contribution in [3.63, 3.8) is 0 Å². The second-order valence-electron chi connectivity index (χ2n) is 7.37. The van der Waals surface area contributed by atoms with Gasteiger partial charge < -0.3 is 15.0 Å². The summed E-state index contributed by atoms with van der Waals surface area (Å²) in [4.78, 5) is 38.7. The predicted molar refractivity (Wildman–Crippen MR) is 102 cm³/mol. The third-order valence-electron chi connectivity index (χ3n) is 5.53. The van der Waals surface area contributed by atoms with Crippen LogP contribution in [0.3, 0.4) is 0 Å². The van der Waals surface area contributed by atoms with Gasteiger partial charge in [-0.3, -0.25) is 9.59 Å². The molecule has 1 aromatic rings. The SMILES string of the molecule is CCOC(=O)c1ccc(NC(=O)C2CCC(C(=O)N3CCCC3)CC2)cc1. The maximum absolute atomic E-state index is 12.5. The van der Waals surface area contributed by atoms with Crippen molar-refractivity contribution in [2.24, 2.45) is 11.8 Å². The zero-order valence-electron chi connectivity index (χ0n) is 15.9. The Bertz CT molecular complexity index is 672. The first-order valence-electron chi connectivity index (χ1n) is 9.95. The Morgan fingerprint density at radius 2 is 1.59 bits per heavy atom. The van der Waals surface area contributed by atoms with Crippen LogP contribution in [0.5, 0.6) is 0 Å². The van der Waals surface area contributed by atoms with E-state index >= 15 is 0 Å². The van der Waals surface area contributed by atoms with Crippen LogP contribution in [0.25, 0.3) is 0 Å². The number of esters is 1. The van der Waals surface area contributed by atoms with E-state index in [9.17, 15) is 14.4 Å². The van der Waals surface area contributed by atoms with Crippen LogP contribution in [-0.4, -0.2) is 42.4 Å². The monoisotopic (exact) mass is 372 g/mol. The van der Waals surface area contributed by atoms with Gasteiger partial charge in [0.15, 0.2) is 0 Å². The largest absolute Gasteiger partial charge is 0.462 e. The molecule has 0 radical (unpaired) electrons. The Hall–Kier alpha value is -2.37. The summed E-state index contributed by atoms with van der Waals surface area (Å²) in [6, 6.07) is 6.73. The Kier molecular flexibility index (Phi) is 6.48. The van der Waals surface area contributed by atoms with Crippen molar-refractivity contribution >= 4 is 23.5 Å². The van der Waals surface area contributed by atoms with Crippen molar-refractivity contribution in [1.29, 1.82) is 0 Å². The highest BCUT2D eigenvalue weighted by Gasteiger charge is 2.32. The number of benzene rings is 1. The summed E-state index contributed by atoms with van der Waals surface area (Å²) in [5.41, 5.74) is 1.14. The number of hydrogen-bond acceptors (Lipinski definition) is 4. The molecule has 6 nitrogen and oxygen atoms in total. The van der Waals surface area contributed by atoms with E-state index in [0.29, 0.717) is 17.9 Å². The highest BCUT2D eigenvalue weighted by atomic mass is 16.5. The summed E-state index contributed by atoms with van der Waals surface area (Å²) in [6.45, 7) is 3.88. The summed E-state index contributed by atoms with van der Waals surface area (Å²) in [7, 11) is 0. The van der Waals surface area contributed by atoms with E-state index in [2.05, 4.69) is 5.32 Å². The van der Waals surface area contributed by atoms with Crippen molar-refractivity contribution in [3.05, 3.63) is 29.8 Å². The average Bonchev–Trinajstić information content (AvgIpc) is 3.23. The lowest BCUT2D eigenvalue weighted by molar-refractivity contribution is -0.136. The fourth-order valence-electron chi connectivity index (χ4n) is 3.95. The molecule has 0 bridgehead atoms. The summed E-state index contributed by atoms with van der Waals surface area (Å²) in [5.74, 6) is -0.0726. The van der Waals surface area contributed by atoms with Crippen molar-refractivity contribution in [2.45, 2.75) is 45.4 Å². The lowest BCUT2D eigenvalue weighted by Gasteiger charge is -2.29. The topological polar surface area (TPSA) is 75.7 Å². The molecule has 1 saturated carbocycles. The summed E-state index contributed by atoms with van der Waals surface area (Å²) >= 11 is 0. The number of hydrogen-bond donors (Lipinski definition) is 1. The van der Waals surface area contributed by atoms with Gasteiger partial charge in [0.2, 0.25) is 11.8 Å². The van der Waals surface area contributed by atoms with Gasteiger partial charge in [-0.15, -0.1) is 0 Å². The Balaban J connectivity index is 1.48. The van der Waals surface area contributed by atoms with Crippen LogP contribution < -0.4 is 5.32 Å². The zero-order valence-corrected chi connectivity index (χ0v) is 15.9. The van der Waals surface area contributed by atoms with Crippen molar-refractivity contribution in [3.8, 4) is 0 Å². The molecule has 3 rings (SSSR count). The number of carbonyl (C=O) groups is 3. The molecule has 146 valence electrons. The van der Waals surface area contributed by atoms with Crippen molar-refractivity contribution < 1.29 is 19.1 Å². The van der Waals surface area contributed by atoms with Gasteiger partial charge in [-0.05, 0) is 69.7 Å².